The van der Waals surface area contributed by atoms with E-state index in [1.807, 2.05) is 4.98 Å². The lowest BCUT2D eigenvalue weighted by molar-refractivity contribution is -0.137. The molecule has 0 radical (unpaired) electrons. The number of H-pyrrole nitrogens is 1. The summed E-state index contributed by atoms with van der Waals surface area (Å²) >= 11 is 0. The molecule has 2 N–H and O–H groups in total. The van der Waals surface area contributed by atoms with Crippen LogP contribution in [0.4, 0.5) is 18.9 Å². The Morgan fingerprint density at radius 3 is 2.80 bits per heavy atom. The fourth-order valence-electron chi connectivity index (χ4n) is 1.26. The number of pyridine rings is 1. The second-order valence-electron chi connectivity index (χ2n) is 3.88. The number of carbonyl (C=O) groups is 1. The molecule has 1 amide bonds. The largest absolute Gasteiger partial charge is 0.417 e. The quantitative estimate of drug-likeness (QED) is 0.814. The van der Waals surface area contributed by atoms with Gasteiger partial charge >= 0.3 is 6.18 Å². The molecule has 1 heterocycles. The summed E-state index contributed by atoms with van der Waals surface area (Å²) in [5.74, 6) is -0.725. The number of hydrogen-bond donors (Lipinski definition) is 2. The van der Waals surface area contributed by atoms with Crippen molar-refractivity contribution in [3.63, 3.8) is 0 Å². The first-order chi connectivity index (χ1) is 9.25. The molecule has 0 spiro atoms. The summed E-state index contributed by atoms with van der Waals surface area (Å²) in [5.41, 5.74) is -2.38. The molecule has 0 saturated carbocycles. The Morgan fingerprint density at radius 1 is 1.60 bits per heavy atom. The predicted octanol–water partition coefficient (Wildman–Crippen LogP) is 1.92. The number of ether oxygens (including phenoxy) is 1. The Morgan fingerprint density at radius 2 is 2.25 bits per heavy atom. The van der Waals surface area contributed by atoms with Gasteiger partial charge in [-0.1, -0.05) is 6.08 Å². The van der Waals surface area contributed by atoms with Gasteiger partial charge in [0, 0.05) is 6.20 Å². The zero-order chi connectivity index (χ0) is 15.3. The normalized spacial score (nSPS) is 12.8. The highest BCUT2D eigenvalue weighted by Crippen LogP contribution is 2.29. The minimum atomic E-state index is -4.62. The number of halogens is 3. The Hall–Kier alpha value is -2.09. The molecular formula is C12H13F3N2O3. The third kappa shape index (κ3) is 4.23. The first kappa shape index (κ1) is 16.0. The smallest absolute Gasteiger partial charge is 0.365 e. The summed E-state index contributed by atoms with van der Waals surface area (Å²) in [6, 6.07) is 0.566. The Kier molecular flexibility index (Phi) is 5.09. The molecule has 0 bridgehead atoms. The average molecular weight is 290 g/mol. The van der Waals surface area contributed by atoms with Crippen LogP contribution >= 0.6 is 0 Å². The van der Waals surface area contributed by atoms with Gasteiger partial charge in [0.25, 0.3) is 11.5 Å². The lowest BCUT2D eigenvalue weighted by Gasteiger charge is -2.13. The molecule has 0 fully saturated rings. The van der Waals surface area contributed by atoms with E-state index in [-0.39, 0.29) is 6.61 Å². The molecule has 1 atom stereocenters. The van der Waals surface area contributed by atoms with Crippen LogP contribution in [0.15, 0.2) is 29.7 Å². The third-order valence-electron chi connectivity index (χ3n) is 2.32. The van der Waals surface area contributed by atoms with Gasteiger partial charge in [0.2, 0.25) is 0 Å². The number of alkyl halides is 3. The van der Waals surface area contributed by atoms with Crippen molar-refractivity contribution in [2.24, 2.45) is 0 Å². The van der Waals surface area contributed by atoms with Gasteiger partial charge in [0.1, 0.15) is 11.8 Å². The van der Waals surface area contributed by atoms with Crippen molar-refractivity contribution in [2.75, 3.05) is 11.9 Å². The summed E-state index contributed by atoms with van der Waals surface area (Å²) < 4.78 is 42.5. The van der Waals surface area contributed by atoms with Crippen molar-refractivity contribution in [1.82, 2.24) is 4.98 Å². The molecule has 1 unspecified atom stereocenters. The molecule has 1 rings (SSSR count). The molecule has 0 aliphatic carbocycles. The van der Waals surface area contributed by atoms with E-state index in [9.17, 15) is 22.8 Å². The number of carbonyl (C=O) groups excluding carboxylic acids is 1. The van der Waals surface area contributed by atoms with E-state index in [0.29, 0.717) is 12.3 Å². The van der Waals surface area contributed by atoms with Crippen LogP contribution in [0.3, 0.4) is 0 Å². The van der Waals surface area contributed by atoms with Gasteiger partial charge in [-0.15, -0.1) is 6.58 Å². The number of hydrogen-bond acceptors (Lipinski definition) is 3. The van der Waals surface area contributed by atoms with Crippen molar-refractivity contribution < 1.29 is 22.7 Å². The fourth-order valence-corrected chi connectivity index (χ4v) is 1.26. The van der Waals surface area contributed by atoms with Crippen LogP contribution in [0.1, 0.15) is 12.5 Å². The zero-order valence-electron chi connectivity index (χ0n) is 10.6. The number of nitrogens with one attached hydrogen (secondary N) is 2. The van der Waals surface area contributed by atoms with Crippen molar-refractivity contribution >= 4 is 11.6 Å². The maximum atomic E-state index is 12.5. The van der Waals surface area contributed by atoms with Crippen molar-refractivity contribution in [3.05, 3.63) is 40.8 Å². The molecule has 110 valence electrons. The molecule has 5 nitrogen and oxygen atoms in total. The average Bonchev–Trinajstić information content (AvgIpc) is 2.37. The lowest BCUT2D eigenvalue weighted by Crippen LogP contribution is -2.30. The van der Waals surface area contributed by atoms with Crippen LogP contribution in [-0.2, 0) is 15.7 Å². The van der Waals surface area contributed by atoms with E-state index in [0.717, 1.165) is 0 Å². The predicted molar refractivity (Wildman–Crippen MR) is 66.3 cm³/mol. The minimum Gasteiger partial charge on any atom is -0.365 e. The highest BCUT2D eigenvalue weighted by Gasteiger charge is 2.31. The topological polar surface area (TPSA) is 71.2 Å². The molecule has 1 aromatic rings. The van der Waals surface area contributed by atoms with Crippen LogP contribution in [-0.4, -0.2) is 23.6 Å². The Bertz CT molecular complexity index is 552. The van der Waals surface area contributed by atoms with Gasteiger partial charge in [-0.3, -0.25) is 9.59 Å². The number of aromatic nitrogens is 1. The Balaban J connectivity index is 2.89. The lowest BCUT2D eigenvalue weighted by atomic mass is 10.2. The molecule has 0 aromatic carbocycles. The summed E-state index contributed by atoms with van der Waals surface area (Å²) in [5, 5.41) is 2.09. The summed E-state index contributed by atoms with van der Waals surface area (Å²) in [4.78, 5) is 24.9. The van der Waals surface area contributed by atoms with Gasteiger partial charge in [0.05, 0.1) is 12.2 Å². The summed E-state index contributed by atoms with van der Waals surface area (Å²) in [6.07, 6.45) is -3.59. The number of aromatic amines is 1. The zero-order valence-corrected chi connectivity index (χ0v) is 10.6. The van der Waals surface area contributed by atoms with Crippen LogP contribution in [0, 0.1) is 0 Å². The monoisotopic (exact) mass is 290 g/mol. The van der Waals surface area contributed by atoms with Crippen LogP contribution in [0.2, 0.25) is 0 Å². The molecule has 20 heavy (non-hydrogen) atoms. The third-order valence-corrected chi connectivity index (χ3v) is 2.32. The number of amides is 1. The maximum Gasteiger partial charge on any atom is 0.417 e. The van der Waals surface area contributed by atoms with E-state index in [1.165, 1.54) is 13.0 Å². The van der Waals surface area contributed by atoms with E-state index in [2.05, 4.69) is 11.9 Å². The van der Waals surface area contributed by atoms with Gasteiger partial charge < -0.3 is 15.0 Å². The van der Waals surface area contributed by atoms with E-state index < -0.39 is 35.0 Å². The van der Waals surface area contributed by atoms with Gasteiger partial charge in [0.15, 0.2) is 0 Å². The summed E-state index contributed by atoms with van der Waals surface area (Å²) in [7, 11) is 0. The molecule has 0 aliphatic heterocycles. The molecule has 0 aliphatic rings. The number of rotatable bonds is 5. The first-order valence-corrected chi connectivity index (χ1v) is 5.59. The van der Waals surface area contributed by atoms with E-state index in [1.54, 1.807) is 0 Å². The van der Waals surface area contributed by atoms with E-state index in [4.69, 9.17) is 4.74 Å². The standard InChI is InChI=1S/C12H13F3N2O3/c1-3-4-20-7(2)10(18)17-9-5-8(12(13,14)15)6-16-11(9)19/h3,5-7H,1,4H2,2H3,(H,16,19)(H,17,18). The highest BCUT2D eigenvalue weighted by atomic mass is 19.4. The Labute approximate surface area is 112 Å². The van der Waals surface area contributed by atoms with Crippen LogP contribution < -0.4 is 10.9 Å². The second kappa shape index (κ2) is 6.38. The van der Waals surface area contributed by atoms with Crippen molar-refractivity contribution in [2.45, 2.75) is 19.2 Å². The second-order valence-corrected chi connectivity index (χ2v) is 3.88. The van der Waals surface area contributed by atoms with E-state index >= 15 is 0 Å². The molecule has 8 heteroatoms. The molecule has 1 aromatic heterocycles. The van der Waals surface area contributed by atoms with Gasteiger partial charge in [-0.2, -0.15) is 13.2 Å². The van der Waals surface area contributed by atoms with Gasteiger partial charge in [-0.25, -0.2) is 0 Å². The minimum absolute atomic E-state index is 0.105. The number of anilines is 1. The molecular weight excluding hydrogens is 277 g/mol. The maximum absolute atomic E-state index is 12.5. The van der Waals surface area contributed by atoms with Crippen molar-refractivity contribution in [3.8, 4) is 0 Å². The SMILES string of the molecule is C=CCOC(C)C(=O)Nc1cc(C(F)(F)F)c[nH]c1=O. The van der Waals surface area contributed by atoms with Crippen LogP contribution in [0.5, 0.6) is 0 Å². The highest BCUT2D eigenvalue weighted by molar-refractivity contribution is 5.93. The molecule has 0 saturated heterocycles. The fraction of sp³-hybridized carbons (Fsp3) is 0.333. The van der Waals surface area contributed by atoms with Crippen molar-refractivity contribution in [1.29, 1.82) is 0 Å². The summed E-state index contributed by atoms with van der Waals surface area (Å²) in [6.45, 7) is 4.90. The van der Waals surface area contributed by atoms with Gasteiger partial charge in [-0.05, 0) is 13.0 Å². The first-order valence-electron chi connectivity index (χ1n) is 5.59. The van der Waals surface area contributed by atoms with Crippen LogP contribution in [0.25, 0.3) is 0 Å².